The first kappa shape index (κ1) is 15.1. The van der Waals surface area contributed by atoms with Crippen LogP contribution < -0.4 is 4.74 Å². The summed E-state index contributed by atoms with van der Waals surface area (Å²) in [6.45, 7) is 0. The number of nitrogens with zero attached hydrogens (tertiary/aromatic N) is 2. The van der Waals surface area contributed by atoms with Crippen LogP contribution in [0.2, 0.25) is 0 Å². The average Bonchev–Trinajstić information content (AvgIpc) is 3.12. The fourth-order valence-corrected chi connectivity index (χ4v) is 3.66. The van der Waals surface area contributed by atoms with Gasteiger partial charge in [0.1, 0.15) is 16.2 Å². The van der Waals surface area contributed by atoms with Gasteiger partial charge >= 0.3 is 0 Å². The molecule has 120 valence electrons. The first-order valence-corrected chi connectivity index (χ1v) is 8.53. The highest BCUT2D eigenvalue weighted by atomic mass is 32.1. The van der Waals surface area contributed by atoms with E-state index < -0.39 is 0 Å². The van der Waals surface area contributed by atoms with Gasteiger partial charge < -0.3 is 4.74 Å². The number of methoxy groups -OCH3 is 1. The molecule has 0 amide bonds. The Morgan fingerprint density at radius 1 is 1.04 bits per heavy atom. The van der Waals surface area contributed by atoms with Crippen LogP contribution >= 0.6 is 12.2 Å². The van der Waals surface area contributed by atoms with E-state index in [2.05, 4.69) is 28.8 Å². The first-order chi connectivity index (χ1) is 11.8. The number of fused-ring (bicyclic) bond motifs is 1. The van der Waals surface area contributed by atoms with Gasteiger partial charge in [0.05, 0.1) is 12.8 Å². The van der Waals surface area contributed by atoms with Gasteiger partial charge in [0, 0.05) is 22.9 Å². The molecular weight excluding hydrogens is 316 g/mol. The summed E-state index contributed by atoms with van der Waals surface area (Å²) in [6, 6.07) is 18.4. The first-order valence-electron chi connectivity index (χ1n) is 8.12. The fraction of sp³-hybridized carbons (Fsp3) is 0.200. The highest BCUT2D eigenvalue weighted by Gasteiger charge is 2.21. The van der Waals surface area contributed by atoms with Crippen LogP contribution in [-0.2, 0) is 12.8 Å². The van der Waals surface area contributed by atoms with Crippen molar-refractivity contribution in [2.24, 2.45) is 0 Å². The van der Waals surface area contributed by atoms with Crippen LogP contribution in [0.15, 0.2) is 54.6 Å². The molecular formula is C20H18N2OS. The van der Waals surface area contributed by atoms with Crippen LogP contribution in [0.3, 0.4) is 0 Å². The van der Waals surface area contributed by atoms with Gasteiger partial charge in [-0.3, -0.25) is 4.57 Å². The number of benzene rings is 2. The molecule has 3 nitrogen and oxygen atoms in total. The summed E-state index contributed by atoms with van der Waals surface area (Å²) >= 11 is 5.58. The Hall–Kier alpha value is -2.46. The second kappa shape index (κ2) is 6.21. The standard InChI is InChI=1S/C20H18N2OS/c1-23-16-10-5-9-15(13-16)22-18-12-6-11-17(18)20(24)21-19(22)14-7-3-2-4-8-14/h2-5,7-10,13H,6,11-12H2,1H3. The Morgan fingerprint density at radius 3 is 2.67 bits per heavy atom. The van der Waals surface area contributed by atoms with Crippen molar-refractivity contribution in [3.63, 3.8) is 0 Å². The summed E-state index contributed by atoms with van der Waals surface area (Å²) in [5.74, 6) is 1.74. The van der Waals surface area contributed by atoms with Crippen molar-refractivity contribution in [2.75, 3.05) is 7.11 Å². The lowest BCUT2D eigenvalue weighted by Crippen LogP contribution is -2.10. The molecule has 0 unspecified atom stereocenters. The summed E-state index contributed by atoms with van der Waals surface area (Å²) in [4.78, 5) is 4.78. The Bertz CT molecular complexity index is 948. The van der Waals surface area contributed by atoms with E-state index in [1.807, 2.05) is 30.3 Å². The maximum absolute atomic E-state index is 5.58. The molecule has 0 aliphatic heterocycles. The lowest BCUT2D eigenvalue weighted by molar-refractivity contribution is 0.414. The van der Waals surface area contributed by atoms with E-state index in [-0.39, 0.29) is 0 Å². The molecule has 2 aromatic carbocycles. The highest BCUT2D eigenvalue weighted by Crippen LogP contribution is 2.31. The van der Waals surface area contributed by atoms with Crippen molar-refractivity contribution in [1.29, 1.82) is 0 Å². The van der Waals surface area contributed by atoms with Crippen LogP contribution in [0.5, 0.6) is 5.75 Å². The molecule has 0 saturated carbocycles. The molecule has 0 radical (unpaired) electrons. The highest BCUT2D eigenvalue weighted by molar-refractivity contribution is 7.71. The molecule has 1 aliphatic carbocycles. The topological polar surface area (TPSA) is 27.1 Å². The minimum Gasteiger partial charge on any atom is -0.497 e. The summed E-state index contributed by atoms with van der Waals surface area (Å²) < 4.78 is 8.39. The van der Waals surface area contributed by atoms with E-state index in [0.29, 0.717) is 0 Å². The zero-order chi connectivity index (χ0) is 16.5. The van der Waals surface area contributed by atoms with Gasteiger partial charge in [-0.25, -0.2) is 4.98 Å². The van der Waals surface area contributed by atoms with Gasteiger partial charge in [0.2, 0.25) is 0 Å². The number of hydrogen-bond acceptors (Lipinski definition) is 3. The monoisotopic (exact) mass is 334 g/mol. The SMILES string of the molecule is COc1cccc(-n2c(-c3ccccc3)nc(=S)c3c2CCC3)c1. The van der Waals surface area contributed by atoms with Crippen molar-refractivity contribution in [2.45, 2.75) is 19.3 Å². The summed E-state index contributed by atoms with van der Waals surface area (Å²) in [5.41, 5.74) is 4.63. The second-order valence-electron chi connectivity index (χ2n) is 5.92. The van der Waals surface area contributed by atoms with Crippen molar-refractivity contribution < 1.29 is 4.74 Å². The molecule has 4 rings (SSSR count). The van der Waals surface area contributed by atoms with E-state index in [9.17, 15) is 0 Å². The quantitative estimate of drug-likeness (QED) is 0.646. The molecule has 0 spiro atoms. The predicted octanol–water partition coefficient (Wildman–Crippen LogP) is 4.77. The van der Waals surface area contributed by atoms with Crippen molar-refractivity contribution >= 4 is 12.2 Å². The Morgan fingerprint density at radius 2 is 1.88 bits per heavy atom. The predicted molar refractivity (Wildman–Crippen MR) is 98.4 cm³/mol. The van der Waals surface area contributed by atoms with Gasteiger partial charge in [-0.15, -0.1) is 0 Å². The third-order valence-electron chi connectivity index (χ3n) is 4.48. The zero-order valence-electron chi connectivity index (χ0n) is 13.5. The fourth-order valence-electron chi connectivity index (χ4n) is 3.35. The number of hydrogen-bond donors (Lipinski definition) is 0. The van der Waals surface area contributed by atoms with E-state index >= 15 is 0 Å². The minimum absolute atomic E-state index is 0.737. The van der Waals surface area contributed by atoms with Crippen molar-refractivity contribution in [3.05, 3.63) is 70.5 Å². The van der Waals surface area contributed by atoms with E-state index in [1.165, 1.54) is 11.3 Å². The lowest BCUT2D eigenvalue weighted by atomic mass is 10.1. The maximum Gasteiger partial charge on any atom is 0.146 e. The molecule has 0 fully saturated rings. The number of aromatic nitrogens is 2. The average molecular weight is 334 g/mol. The Labute approximate surface area is 146 Å². The van der Waals surface area contributed by atoms with Gasteiger partial charge in [-0.2, -0.15) is 0 Å². The van der Waals surface area contributed by atoms with Gasteiger partial charge in [-0.05, 0) is 31.4 Å². The van der Waals surface area contributed by atoms with Crippen LogP contribution in [0, 0.1) is 4.64 Å². The lowest BCUT2D eigenvalue weighted by Gasteiger charge is -2.19. The Balaban J connectivity index is 2.04. The zero-order valence-corrected chi connectivity index (χ0v) is 14.3. The third kappa shape index (κ3) is 2.53. The maximum atomic E-state index is 5.58. The van der Waals surface area contributed by atoms with Gasteiger partial charge in [0.15, 0.2) is 0 Å². The molecule has 24 heavy (non-hydrogen) atoms. The molecule has 3 aromatic rings. The van der Waals surface area contributed by atoms with Crippen LogP contribution in [0.25, 0.3) is 17.1 Å². The molecule has 0 N–H and O–H groups in total. The van der Waals surface area contributed by atoms with Gasteiger partial charge in [0.25, 0.3) is 0 Å². The number of rotatable bonds is 3. The van der Waals surface area contributed by atoms with E-state index in [0.717, 1.165) is 46.7 Å². The minimum atomic E-state index is 0.737. The number of ether oxygens (including phenoxy) is 1. The molecule has 1 heterocycles. The molecule has 4 heteroatoms. The Kier molecular flexibility index (Phi) is 3.90. The molecule has 0 atom stereocenters. The largest absolute Gasteiger partial charge is 0.497 e. The van der Waals surface area contributed by atoms with Crippen LogP contribution in [0.4, 0.5) is 0 Å². The molecule has 1 aromatic heterocycles. The summed E-state index contributed by atoms with van der Waals surface area (Å²) in [5, 5.41) is 0. The summed E-state index contributed by atoms with van der Waals surface area (Å²) in [6.07, 6.45) is 3.17. The van der Waals surface area contributed by atoms with Crippen LogP contribution in [0.1, 0.15) is 17.7 Å². The van der Waals surface area contributed by atoms with Crippen LogP contribution in [-0.4, -0.2) is 16.7 Å². The van der Waals surface area contributed by atoms with E-state index in [1.54, 1.807) is 7.11 Å². The molecule has 0 bridgehead atoms. The molecule has 1 aliphatic rings. The second-order valence-corrected chi connectivity index (χ2v) is 6.31. The smallest absolute Gasteiger partial charge is 0.146 e. The normalized spacial score (nSPS) is 12.9. The van der Waals surface area contributed by atoms with Gasteiger partial charge in [-0.1, -0.05) is 48.6 Å². The van der Waals surface area contributed by atoms with E-state index in [4.69, 9.17) is 21.9 Å². The van der Waals surface area contributed by atoms with Crippen molar-refractivity contribution in [3.8, 4) is 22.8 Å². The van der Waals surface area contributed by atoms with Crippen molar-refractivity contribution in [1.82, 2.24) is 9.55 Å². The summed E-state index contributed by atoms with van der Waals surface area (Å²) in [7, 11) is 1.69. The molecule has 0 saturated heterocycles. The third-order valence-corrected chi connectivity index (χ3v) is 4.82.